The third kappa shape index (κ3) is 5.19. The quantitative estimate of drug-likeness (QED) is 0.442. The summed E-state index contributed by atoms with van der Waals surface area (Å²) in [6.45, 7) is 4.41. The van der Waals surface area contributed by atoms with E-state index in [0.717, 1.165) is 12.8 Å². The monoisotopic (exact) mass is 254 g/mol. The molecule has 0 aromatic rings. The van der Waals surface area contributed by atoms with Crippen LogP contribution in [0.1, 0.15) is 65.2 Å². The number of esters is 1. The molecule has 104 valence electrons. The van der Waals surface area contributed by atoms with Gasteiger partial charge < -0.3 is 4.74 Å². The lowest BCUT2D eigenvalue weighted by atomic mass is 10.1. The number of hydrogen-bond acceptors (Lipinski definition) is 3. The summed E-state index contributed by atoms with van der Waals surface area (Å²) in [6.07, 6.45) is 8.54. The Morgan fingerprint density at radius 1 is 1.00 bits per heavy atom. The van der Waals surface area contributed by atoms with Crippen LogP contribution in [0.3, 0.4) is 0 Å². The Balaban J connectivity index is 2.03. The molecule has 0 aromatic heterocycles. The van der Waals surface area contributed by atoms with Crippen LogP contribution in [0.2, 0.25) is 0 Å². The van der Waals surface area contributed by atoms with Crippen molar-refractivity contribution in [2.24, 2.45) is 11.8 Å². The molecule has 1 aliphatic carbocycles. The predicted molar refractivity (Wildman–Crippen MR) is 71.2 cm³/mol. The van der Waals surface area contributed by atoms with E-state index in [9.17, 15) is 9.59 Å². The van der Waals surface area contributed by atoms with Crippen LogP contribution in [0, 0.1) is 11.8 Å². The maximum atomic E-state index is 11.8. The molecule has 3 heteroatoms. The van der Waals surface area contributed by atoms with Crippen molar-refractivity contribution in [3.8, 4) is 0 Å². The van der Waals surface area contributed by atoms with Crippen LogP contribution in [0.4, 0.5) is 0 Å². The van der Waals surface area contributed by atoms with Crippen LogP contribution >= 0.6 is 0 Å². The first kappa shape index (κ1) is 15.2. The molecule has 0 bridgehead atoms. The third-order valence-electron chi connectivity index (χ3n) is 3.57. The molecule has 18 heavy (non-hydrogen) atoms. The molecule has 0 heterocycles. The zero-order chi connectivity index (χ0) is 13.4. The van der Waals surface area contributed by atoms with Gasteiger partial charge in [0.1, 0.15) is 5.78 Å². The van der Waals surface area contributed by atoms with E-state index in [4.69, 9.17) is 4.74 Å². The summed E-state index contributed by atoms with van der Waals surface area (Å²) >= 11 is 0. The van der Waals surface area contributed by atoms with Crippen LogP contribution in [0.15, 0.2) is 0 Å². The highest BCUT2D eigenvalue weighted by Crippen LogP contribution is 2.41. The zero-order valence-electron chi connectivity index (χ0n) is 11.7. The van der Waals surface area contributed by atoms with E-state index in [0.29, 0.717) is 19.4 Å². The van der Waals surface area contributed by atoms with Crippen LogP contribution in [0.5, 0.6) is 0 Å². The summed E-state index contributed by atoms with van der Waals surface area (Å²) in [7, 11) is 0. The lowest BCUT2D eigenvalue weighted by molar-refractivity contribution is -0.145. The van der Waals surface area contributed by atoms with Gasteiger partial charge in [0, 0.05) is 12.3 Å². The number of rotatable bonds is 10. The summed E-state index contributed by atoms with van der Waals surface area (Å²) in [5, 5.41) is 0. The normalized spacial score (nSPS) is 21.7. The highest BCUT2D eigenvalue weighted by molar-refractivity contribution is 5.91. The molecular formula is C15H26O3. The zero-order valence-corrected chi connectivity index (χ0v) is 11.7. The van der Waals surface area contributed by atoms with Crippen molar-refractivity contribution in [3.63, 3.8) is 0 Å². The minimum Gasteiger partial charge on any atom is -0.466 e. The molecule has 0 N–H and O–H groups in total. The van der Waals surface area contributed by atoms with Gasteiger partial charge in [-0.3, -0.25) is 9.59 Å². The van der Waals surface area contributed by atoms with Crippen LogP contribution in [-0.4, -0.2) is 18.4 Å². The Bertz CT molecular complexity index is 273. The summed E-state index contributed by atoms with van der Waals surface area (Å²) in [5.74, 6) is -0.0698. The van der Waals surface area contributed by atoms with Gasteiger partial charge in [-0.2, -0.15) is 0 Å². The molecule has 0 saturated heterocycles. The molecule has 0 aliphatic heterocycles. The molecule has 0 spiro atoms. The standard InChI is InChI=1S/C15H26O3/c1-3-5-6-7-8-9-10-14(16)12-11-13(12)15(17)18-4-2/h12-13H,3-11H2,1-2H3/t12-,13-/m0/s1. The molecular weight excluding hydrogens is 228 g/mol. The van der Waals surface area contributed by atoms with Gasteiger partial charge in [-0.25, -0.2) is 0 Å². The van der Waals surface area contributed by atoms with Gasteiger partial charge in [0.05, 0.1) is 12.5 Å². The predicted octanol–water partition coefficient (Wildman–Crippen LogP) is 3.51. The fraction of sp³-hybridized carbons (Fsp3) is 0.867. The average Bonchev–Trinajstić information content (AvgIpc) is 3.14. The van der Waals surface area contributed by atoms with E-state index in [2.05, 4.69) is 6.92 Å². The summed E-state index contributed by atoms with van der Waals surface area (Å²) in [6, 6.07) is 0. The number of carbonyl (C=O) groups is 2. The highest BCUT2D eigenvalue weighted by atomic mass is 16.5. The molecule has 0 unspecified atom stereocenters. The van der Waals surface area contributed by atoms with Crippen molar-refractivity contribution in [2.45, 2.75) is 65.2 Å². The van der Waals surface area contributed by atoms with E-state index in [1.54, 1.807) is 6.92 Å². The fourth-order valence-corrected chi connectivity index (χ4v) is 2.33. The Hall–Kier alpha value is -0.860. The van der Waals surface area contributed by atoms with Crippen LogP contribution < -0.4 is 0 Å². The van der Waals surface area contributed by atoms with Gasteiger partial charge in [0.15, 0.2) is 0 Å². The third-order valence-corrected chi connectivity index (χ3v) is 3.57. The maximum Gasteiger partial charge on any atom is 0.309 e. The van der Waals surface area contributed by atoms with E-state index in [1.807, 2.05) is 0 Å². The van der Waals surface area contributed by atoms with Crippen molar-refractivity contribution < 1.29 is 14.3 Å². The van der Waals surface area contributed by atoms with Gasteiger partial charge in [-0.15, -0.1) is 0 Å². The van der Waals surface area contributed by atoms with Gasteiger partial charge >= 0.3 is 5.97 Å². The number of ether oxygens (including phenoxy) is 1. The fourth-order valence-electron chi connectivity index (χ4n) is 2.33. The lowest BCUT2D eigenvalue weighted by Gasteiger charge is -2.02. The van der Waals surface area contributed by atoms with Gasteiger partial charge in [0.25, 0.3) is 0 Å². The largest absolute Gasteiger partial charge is 0.466 e. The number of unbranched alkanes of at least 4 members (excludes halogenated alkanes) is 5. The second-order valence-electron chi connectivity index (χ2n) is 5.18. The van der Waals surface area contributed by atoms with Crippen molar-refractivity contribution in [3.05, 3.63) is 0 Å². The average molecular weight is 254 g/mol. The minimum atomic E-state index is -0.182. The van der Waals surface area contributed by atoms with E-state index >= 15 is 0 Å². The highest BCUT2D eigenvalue weighted by Gasteiger charge is 2.48. The molecule has 3 nitrogen and oxygen atoms in total. The molecule has 1 fully saturated rings. The summed E-state index contributed by atoms with van der Waals surface area (Å²) in [4.78, 5) is 23.2. The molecule has 1 aliphatic rings. The number of carbonyl (C=O) groups excluding carboxylic acids is 2. The van der Waals surface area contributed by atoms with E-state index < -0.39 is 0 Å². The molecule has 1 saturated carbocycles. The summed E-state index contributed by atoms with van der Waals surface area (Å²) in [5.41, 5.74) is 0. The van der Waals surface area contributed by atoms with Crippen LogP contribution in [-0.2, 0) is 14.3 Å². The van der Waals surface area contributed by atoms with Crippen LogP contribution in [0.25, 0.3) is 0 Å². The second kappa shape index (κ2) is 8.28. The first-order chi connectivity index (χ1) is 8.70. The Morgan fingerprint density at radius 3 is 2.33 bits per heavy atom. The maximum absolute atomic E-state index is 11.8. The molecule has 0 aromatic carbocycles. The van der Waals surface area contributed by atoms with E-state index in [1.165, 1.54) is 25.7 Å². The minimum absolute atomic E-state index is 0.0281. The SMILES string of the molecule is CCCCCCCCC(=O)[C@H]1C[C@@H]1C(=O)OCC. The second-order valence-corrected chi connectivity index (χ2v) is 5.18. The number of ketones is 1. The number of hydrogen-bond donors (Lipinski definition) is 0. The van der Waals surface area contributed by atoms with Crippen molar-refractivity contribution in [2.75, 3.05) is 6.61 Å². The Morgan fingerprint density at radius 2 is 1.67 bits per heavy atom. The lowest BCUT2D eigenvalue weighted by Crippen LogP contribution is -2.11. The first-order valence-corrected chi connectivity index (χ1v) is 7.40. The van der Waals surface area contributed by atoms with Crippen molar-refractivity contribution >= 4 is 11.8 Å². The van der Waals surface area contributed by atoms with Crippen molar-refractivity contribution in [1.82, 2.24) is 0 Å². The Kier molecular flexibility index (Phi) is 6.99. The molecule has 0 amide bonds. The molecule has 1 rings (SSSR count). The topological polar surface area (TPSA) is 43.4 Å². The van der Waals surface area contributed by atoms with E-state index in [-0.39, 0.29) is 23.6 Å². The van der Waals surface area contributed by atoms with Gasteiger partial charge in [-0.1, -0.05) is 39.0 Å². The van der Waals surface area contributed by atoms with Gasteiger partial charge in [0.2, 0.25) is 0 Å². The number of Topliss-reactive ketones (excluding diaryl/α,β-unsaturated/α-hetero) is 1. The molecule has 0 radical (unpaired) electrons. The smallest absolute Gasteiger partial charge is 0.309 e. The van der Waals surface area contributed by atoms with Crippen molar-refractivity contribution in [1.29, 1.82) is 0 Å². The molecule has 2 atom stereocenters. The Labute approximate surface area is 110 Å². The van der Waals surface area contributed by atoms with Gasteiger partial charge in [-0.05, 0) is 19.8 Å². The summed E-state index contributed by atoms with van der Waals surface area (Å²) < 4.78 is 4.92. The first-order valence-electron chi connectivity index (χ1n) is 7.40.